The van der Waals surface area contributed by atoms with Gasteiger partial charge >= 0.3 is 0 Å². The summed E-state index contributed by atoms with van der Waals surface area (Å²) in [5.74, 6) is 0.978. The SMILES string of the molecule is Cc1cc2ccc(SC(C)C)cc2o1. The molecule has 2 rings (SSSR count). The Morgan fingerprint density at radius 2 is 2.00 bits per heavy atom. The van der Waals surface area contributed by atoms with E-state index in [9.17, 15) is 0 Å². The molecule has 0 atom stereocenters. The average molecular weight is 206 g/mol. The number of benzene rings is 1. The second kappa shape index (κ2) is 3.70. The molecule has 0 saturated carbocycles. The minimum Gasteiger partial charge on any atom is -0.461 e. The molecule has 0 aliphatic rings. The van der Waals surface area contributed by atoms with Crippen LogP contribution in [0.15, 0.2) is 33.6 Å². The second-order valence-electron chi connectivity index (χ2n) is 3.72. The molecule has 0 fully saturated rings. The lowest BCUT2D eigenvalue weighted by Gasteiger charge is -2.03. The standard InChI is InChI=1S/C12H14OS/c1-8(2)14-11-5-4-10-6-9(3)13-12(10)7-11/h4-8H,1-3H3. The van der Waals surface area contributed by atoms with Gasteiger partial charge in [-0.2, -0.15) is 0 Å². The molecular weight excluding hydrogens is 192 g/mol. The van der Waals surface area contributed by atoms with Gasteiger partial charge in [-0.25, -0.2) is 0 Å². The Kier molecular flexibility index (Phi) is 2.55. The largest absolute Gasteiger partial charge is 0.461 e. The Balaban J connectivity index is 2.40. The van der Waals surface area contributed by atoms with Crippen molar-refractivity contribution >= 4 is 22.7 Å². The Morgan fingerprint density at radius 3 is 2.71 bits per heavy atom. The highest BCUT2D eigenvalue weighted by Gasteiger charge is 2.03. The van der Waals surface area contributed by atoms with Crippen LogP contribution in [-0.4, -0.2) is 5.25 Å². The molecule has 0 aliphatic heterocycles. The maximum Gasteiger partial charge on any atom is 0.135 e. The number of thioether (sulfide) groups is 1. The third-order valence-electron chi connectivity index (χ3n) is 1.99. The number of fused-ring (bicyclic) bond motifs is 1. The van der Waals surface area contributed by atoms with Crippen LogP contribution in [0.4, 0.5) is 0 Å². The molecule has 2 aromatic rings. The first kappa shape index (κ1) is 9.66. The van der Waals surface area contributed by atoms with Crippen LogP contribution in [0.2, 0.25) is 0 Å². The first-order valence-corrected chi connectivity index (χ1v) is 5.70. The van der Waals surface area contributed by atoms with E-state index in [1.807, 2.05) is 18.7 Å². The van der Waals surface area contributed by atoms with Gasteiger partial charge in [-0.3, -0.25) is 0 Å². The minimum atomic E-state index is 0.614. The second-order valence-corrected chi connectivity index (χ2v) is 5.37. The van der Waals surface area contributed by atoms with Gasteiger partial charge in [0, 0.05) is 15.5 Å². The predicted molar refractivity (Wildman–Crippen MR) is 61.9 cm³/mol. The van der Waals surface area contributed by atoms with Crippen molar-refractivity contribution in [3.63, 3.8) is 0 Å². The van der Waals surface area contributed by atoms with E-state index >= 15 is 0 Å². The van der Waals surface area contributed by atoms with Gasteiger partial charge in [-0.15, -0.1) is 11.8 Å². The van der Waals surface area contributed by atoms with E-state index in [4.69, 9.17) is 4.42 Å². The summed E-state index contributed by atoms with van der Waals surface area (Å²) >= 11 is 1.86. The number of hydrogen-bond acceptors (Lipinski definition) is 2. The topological polar surface area (TPSA) is 13.1 Å². The Labute approximate surface area is 88.5 Å². The summed E-state index contributed by atoms with van der Waals surface area (Å²) in [6.45, 7) is 6.37. The van der Waals surface area contributed by atoms with Crippen molar-refractivity contribution in [1.29, 1.82) is 0 Å². The number of aryl methyl sites for hydroxylation is 1. The van der Waals surface area contributed by atoms with Gasteiger partial charge in [0.2, 0.25) is 0 Å². The van der Waals surface area contributed by atoms with Gasteiger partial charge in [0.25, 0.3) is 0 Å². The lowest BCUT2D eigenvalue weighted by molar-refractivity contribution is 0.578. The molecule has 0 N–H and O–H groups in total. The van der Waals surface area contributed by atoms with Gasteiger partial charge in [0.05, 0.1) is 0 Å². The van der Waals surface area contributed by atoms with E-state index in [-0.39, 0.29) is 0 Å². The normalized spacial score (nSPS) is 11.4. The smallest absolute Gasteiger partial charge is 0.135 e. The van der Waals surface area contributed by atoms with Crippen LogP contribution in [0.5, 0.6) is 0 Å². The highest BCUT2D eigenvalue weighted by molar-refractivity contribution is 7.99. The van der Waals surface area contributed by atoms with Crippen LogP contribution in [0.1, 0.15) is 19.6 Å². The third kappa shape index (κ3) is 1.95. The summed E-state index contributed by atoms with van der Waals surface area (Å²) < 4.78 is 5.58. The van der Waals surface area contributed by atoms with E-state index in [1.54, 1.807) is 0 Å². The summed E-state index contributed by atoms with van der Waals surface area (Å²) in [6, 6.07) is 8.46. The lowest BCUT2D eigenvalue weighted by Crippen LogP contribution is -1.84. The van der Waals surface area contributed by atoms with Crippen LogP contribution in [0.25, 0.3) is 11.0 Å². The Morgan fingerprint density at radius 1 is 1.21 bits per heavy atom. The zero-order chi connectivity index (χ0) is 10.1. The summed E-state index contributed by atoms with van der Waals surface area (Å²) in [4.78, 5) is 1.28. The molecule has 1 heterocycles. The summed E-state index contributed by atoms with van der Waals surface area (Å²) in [5.41, 5.74) is 0.994. The zero-order valence-electron chi connectivity index (χ0n) is 8.70. The molecule has 0 unspecified atom stereocenters. The Bertz CT molecular complexity index is 443. The van der Waals surface area contributed by atoms with E-state index in [2.05, 4.69) is 38.1 Å². The van der Waals surface area contributed by atoms with Gasteiger partial charge in [0.15, 0.2) is 0 Å². The van der Waals surface area contributed by atoms with Crippen LogP contribution in [0, 0.1) is 6.92 Å². The van der Waals surface area contributed by atoms with Crippen molar-refractivity contribution < 1.29 is 4.42 Å². The first-order valence-electron chi connectivity index (χ1n) is 4.82. The molecule has 0 radical (unpaired) electrons. The van der Waals surface area contributed by atoms with Crippen molar-refractivity contribution in [2.75, 3.05) is 0 Å². The van der Waals surface area contributed by atoms with Crippen LogP contribution >= 0.6 is 11.8 Å². The molecule has 0 amide bonds. The molecule has 1 aromatic carbocycles. The predicted octanol–water partition coefficient (Wildman–Crippen LogP) is 4.24. The van der Waals surface area contributed by atoms with Gasteiger partial charge in [-0.05, 0) is 25.1 Å². The Hall–Kier alpha value is -0.890. The monoisotopic (exact) mass is 206 g/mol. The molecule has 1 aromatic heterocycles. The van der Waals surface area contributed by atoms with Crippen LogP contribution in [-0.2, 0) is 0 Å². The molecule has 1 nitrogen and oxygen atoms in total. The van der Waals surface area contributed by atoms with E-state index in [0.29, 0.717) is 5.25 Å². The molecule has 0 saturated heterocycles. The molecule has 2 heteroatoms. The molecule has 0 spiro atoms. The molecule has 0 bridgehead atoms. The number of furan rings is 1. The van der Waals surface area contributed by atoms with E-state index < -0.39 is 0 Å². The maximum atomic E-state index is 5.58. The zero-order valence-corrected chi connectivity index (χ0v) is 9.52. The van der Waals surface area contributed by atoms with Gasteiger partial charge < -0.3 is 4.42 Å². The van der Waals surface area contributed by atoms with Crippen LogP contribution in [0.3, 0.4) is 0 Å². The van der Waals surface area contributed by atoms with Gasteiger partial charge in [-0.1, -0.05) is 19.9 Å². The first-order chi connectivity index (χ1) is 6.65. The van der Waals surface area contributed by atoms with E-state index in [1.165, 1.54) is 10.3 Å². The minimum absolute atomic E-state index is 0.614. The average Bonchev–Trinajstić information content (AvgIpc) is 2.42. The summed E-state index contributed by atoms with van der Waals surface area (Å²) in [5, 5.41) is 1.80. The van der Waals surface area contributed by atoms with Crippen LogP contribution < -0.4 is 0 Å². The summed E-state index contributed by atoms with van der Waals surface area (Å²) in [7, 11) is 0. The van der Waals surface area contributed by atoms with Crippen molar-refractivity contribution in [2.24, 2.45) is 0 Å². The van der Waals surface area contributed by atoms with Crippen molar-refractivity contribution in [3.05, 3.63) is 30.0 Å². The van der Waals surface area contributed by atoms with Crippen molar-refractivity contribution in [3.8, 4) is 0 Å². The molecule has 74 valence electrons. The van der Waals surface area contributed by atoms with E-state index in [0.717, 1.165) is 11.3 Å². The quantitative estimate of drug-likeness (QED) is 0.682. The fourth-order valence-electron chi connectivity index (χ4n) is 1.49. The van der Waals surface area contributed by atoms with Crippen molar-refractivity contribution in [1.82, 2.24) is 0 Å². The molecule has 0 aliphatic carbocycles. The lowest BCUT2D eigenvalue weighted by atomic mass is 10.2. The summed E-state index contributed by atoms with van der Waals surface area (Å²) in [6.07, 6.45) is 0. The van der Waals surface area contributed by atoms with Gasteiger partial charge in [0.1, 0.15) is 11.3 Å². The fraction of sp³-hybridized carbons (Fsp3) is 0.333. The highest BCUT2D eigenvalue weighted by atomic mass is 32.2. The number of rotatable bonds is 2. The maximum absolute atomic E-state index is 5.58. The molecular formula is C12H14OS. The highest BCUT2D eigenvalue weighted by Crippen LogP contribution is 2.28. The third-order valence-corrected chi connectivity index (χ3v) is 2.98. The van der Waals surface area contributed by atoms with Crippen molar-refractivity contribution in [2.45, 2.75) is 30.9 Å². The fourth-order valence-corrected chi connectivity index (χ4v) is 2.36. The number of hydrogen-bond donors (Lipinski definition) is 0. The molecule has 14 heavy (non-hydrogen) atoms.